The molecule has 0 amide bonds. The summed E-state index contributed by atoms with van der Waals surface area (Å²) in [5, 5.41) is 2.94. The van der Waals surface area contributed by atoms with Gasteiger partial charge in [-0.15, -0.1) is 24.0 Å². The van der Waals surface area contributed by atoms with Crippen molar-refractivity contribution in [1.29, 1.82) is 0 Å². The SMILES string of the molecule is I.NC(=S)NCc1ccc(OC(F)F)cc1. The Morgan fingerprint density at radius 1 is 1.38 bits per heavy atom. The van der Waals surface area contributed by atoms with Crippen LogP contribution in [0.1, 0.15) is 5.56 Å². The summed E-state index contributed by atoms with van der Waals surface area (Å²) in [4.78, 5) is 0. The molecular weight excluding hydrogens is 349 g/mol. The van der Waals surface area contributed by atoms with Crippen molar-refractivity contribution in [2.45, 2.75) is 13.2 Å². The van der Waals surface area contributed by atoms with Crippen LogP contribution in [-0.4, -0.2) is 11.7 Å². The molecule has 0 bridgehead atoms. The van der Waals surface area contributed by atoms with E-state index in [1.54, 1.807) is 12.1 Å². The molecule has 0 saturated carbocycles. The highest BCUT2D eigenvalue weighted by atomic mass is 127. The lowest BCUT2D eigenvalue weighted by atomic mass is 10.2. The maximum absolute atomic E-state index is 11.8. The van der Waals surface area contributed by atoms with Gasteiger partial charge in [-0.25, -0.2) is 0 Å². The largest absolute Gasteiger partial charge is 0.435 e. The summed E-state index contributed by atoms with van der Waals surface area (Å²) >= 11 is 4.62. The number of nitrogens with one attached hydrogen (secondary N) is 1. The van der Waals surface area contributed by atoms with E-state index in [2.05, 4.69) is 22.3 Å². The van der Waals surface area contributed by atoms with Gasteiger partial charge in [-0.05, 0) is 29.9 Å². The first-order valence-corrected chi connectivity index (χ1v) is 4.56. The number of halogens is 3. The minimum atomic E-state index is -2.80. The molecule has 0 heterocycles. The van der Waals surface area contributed by atoms with Crippen LogP contribution in [0.3, 0.4) is 0 Å². The highest BCUT2D eigenvalue weighted by Gasteiger charge is 2.03. The number of thiocarbonyl (C=S) groups is 1. The van der Waals surface area contributed by atoms with E-state index in [4.69, 9.17) is 5.73 Å². The first-order chi connectivity index (χ1) is 7.08. The van der Waals surface area contributed by atoms with Crippen molar-refractivity contribution in [3.8, 4) is 5.75 Å². The third-order valence-electron chi connectivity index (χ3n) is 1.62. The van der Waals surface area contributed by atoms with Crippen molar-refractivity contribution in [2.24, 2.45) is 5.73 Å². The second-order valence-electron chi connectivity index (χ2n) is 2.74. The van der Waals surface area contributed by atoms with Gasteiger partial charge in [0.15, 0.2) is 5.11 Å². The van der Waals surface area contributed by atoms with Crippen LogP contribution in [0.25, 0.3) is 0 Å². The van der Waals surface area contributed by atoms with Crippen LogP contribution in [0.5, 0.6) is 5.75 Å². The zero-order valence-corrected chi connectivity index (χ0v) is 11.3. The van der Waals surface area contributed by atoms with Crippen molar-refractivity contribution in [3.63, 3.8) is 0 Å². The average molecular weight is 360 g/mol. The van der Waals surface area contributed by atoms with Gasteiger partial charge in [0.25, 0.3) is 0 Å². The molecule has 0 radical (unpaired) electrons. The van der Waals surface area contributed by atoms with E-state index in [1.165, 1.54) is 12.1 Å². The van der Waals surface area contributed by atoms with Crippen molar-refractivity contribution < 1.29 is 13.5 Å². The number of rotatable bonds is 4. The van der Waals surface area contributed by atoms with Crippen LogP contribution in [0.15, 0.2) is 24.3 Å². The number of alkyl halides is 2. The topological polar surface area (TPSA) is 47.3 Å². The summed E-state index contributed by atoms with van der Waals surface area (Å²) < 4.78 is 27.8. The van der Waals surface area contributed by atoms with Gasteiger partial charge >= 0.3 is 6.61 Å². The fraction of sp³-hybridized carbons (Fsp3) is 0.222. The highest BCUT2D eigenvalue weighted by Crippen LogP contribution is 2.14. The fourth-order valence-electron chi connectivity index (χ4n) is 0.978. The minimum Gasteiger partial charge on any atom is -0.435 e. The Morgan fingerprint density at radius 2 is 1.94 bits per heavy atom. The van der Waals surface area contributed by atoms with Crippen molar-refractivity contribution in [3.05, 3.63) is 29.8 Å². The average Bonchev–Trinajstić information content (AvgIpc) is 2.16. The summed E-state index contributed by atoms with van der Waals surface area (Å²) in [6.45, 7) is -2.34. The summed E-state index contributed by atoms with van der Waals surface area (Å²) in [6, 6.07) is 6.23. The summed E-state index contributed by atoms with van der Waals surface area (Å²) in [5.41, 5.74) is 6.11. The normalized spacial score (nSPS) is 9.44. The van der Waals surface area contributed by atoms with Crippen LogP contribution in [-0.2, 0) is 6.54 Å². The second-order valence-corrected chi connectivity index (χ2v) is 3.18. The molecule has 0 spiro atoms. The van der Waals surface area contributed by atoms with Crippen LogP contribution in [0.4, 0.5) is 8.78 Å². The van der Waals surface area contributed by atoms with Crippen molar-refractivity contribution >= 4 is 41.3 Å². The maximum atomic E-state index is 11.8. The quantitative estimate of drug-likeness (QED) is 0.639. The number of nitrogens with two attached hydrogens (primary N) is 1. The molecule has 1 aromatic rings. The van der Waals surface area contributed by atoms with E-state index in [9.17, 15) is 8.78 Å². The lowest BCUT2D eigenvalue weighted by molar-refractivity contribution is -0.0498. The van der Waals surface area contributed by atoms with E-state index in [-0.39, 0.29) is 34.8 Å². The summed E-state index contributed by atoms with van der Waals surface area (Å²) in [6.07, 6.45) is 0. The van der Waals surface area contributed by atoms with Gasteiger partial charge < -0.3 is 15.8 Å². The molecule has 0 atom stereocenters. The molecule has 0 saturated heterocycles. The Labute approximate surface area is 114 Å². The first kappa shape index (κ1) is 15.3. The molecule has 3 N–H and O–H groups in total. The Hall–Kier alpha value is -0.700. The molecule has 16 heavy (non-hydrogen) atoms. The lowest BCUT2D eigenvalue weighted by Crippen LogP contribution is -2.28. The highest BCUT2D eigenvalue weighted by molar-refractivity contribution is 14.0. The lowest BCUT2D eigenvalue weighted by Gasteiger charge is -2.06. The van der Waals surface area contributed by atoms with Crippen molar-refractivity contribution in [2.75, 3.05) is 0 Å². The van der Waals surface area contributed by atoms with Gasteiger partial charge in [-0.3, -0.25) is 0 Å². The van der Waals surface area contributed by atoms with Crippen LogP contribution >= 0.6 is 36.2 Å². The van der Waals surface area contributed by atoms with Gasteiger partial charge in [0.2, 0.25) is 0 Å². The Bertz CT molecular complexity index is 335. The summed E-state index contributed by atoms with van der Waals surface area (Å²) in [5.74, 6) is 0.129. The predicted molar refractivity (Wildman–Crippen MR) is 72.1 cm³/mol. The smallest absolute Gasteiger partial charge is 0.387 e. The Balaban J connectivity index is 0.00000225. The molecular formula is C9H11F2IN2OS. The standard InChI is InChI=1S/C9H10F2N2OS.HI/c10-8(11)14-7-3-1-6(2-4-7)5-13-9(12)15;/h1-4,8H,5H2,(H3,12,13,15);1H. The van der Waals surface area contributed by atoms with Gasteiger partial charge in [0, 0.05) is 6.54 Å². The number of hydrogen-bond acceptors (Lipinski definition) is 2. The molecule has 7 heteroatoms. The van der Waals surface area contributed by atoms with E-state index in [0.29, 0.717) is 6.54 Å². The number of benzene rings is 1. The monoisotopic (exact) mass is 360 g/mol. The van der Waals surface area contributed by atoms with E-state index >= 15 is 0 Å². The molecule has 0 aliphatic rings. The second kappa shape index (κ2) is 7.55. The molecule has 1 aromatic carbocycles. The molecule has 1 rings (SSSR count). The van der Waals surface area contributed by atoms with Gasteiger partial charge in [0.05, 0.1) is 0 Å². The molecule has 0 fully saturated rings. The molecule has 90 valence electrons. The third kappa shape index (κ3) is 6.01. The molecule has 0 unspecified atom stereocenters. The Kier molecular flexibility index (Phi) is 7.22. The fourth-order valence-corrected chi connectivity index (χ4v) is 1.05. The van der Waals surface area contributed by atoms with Gasteiger partial charge in [-0.2, -0.15) is 8.78 Å². The zero-order valence-electron chi connectivity index (χ0n) is 8.15. The first-order valence-electron chi connectivity index (χ1n) is 4.15. The zero-order chi connectivity index (χ0) is 11.3. The molecule has 0 aliphatic carbocycles. The number of hydrogen-bond donors (Lipinski definition) is 2. The van der Waals surface area contributed by atoms with Gasteiger partial charge in [-0.1, -0.05) is 12.1 Å². The third-order valence-corrected chi connectivity index (χ3v) is 1.76. The van der Waals surface area contributed by atoms with E-state index in [1.807, 2.05) is 0 Å². The van der Waals surface area contributed by atoms with E-state index in [0.717, 1.165) is 5.56 Å². The van der Waals surface area contributed by atoms with Gasteiger partial charge in [0.1, 0.15) is 5.75 Å². The summed E-state index contributed by atoms with van der Waals surface area (Å²) in [7, 11) is 0. The van der Waals surface area contributed by atoms with E-state index < -0.39 is 6.61 Å². The van der Waals surface area contributed by atoms with Crippen LogP contribution in [0, 0.1) is 0 Å². The minimum absolute atomic E-state index is 0. The van der Waals surface area contributed by atoms with Crippen LogP contribution < -0.4 is 15.8 Å². The maximum Gasteiger partial charge on any atom is 0.387 e. The predicted octanol–water partition coefficient (Wildman–Crippen LogP) is 2.24. The Morgan fingerprint density at radius 3 is 2.38 bits per heavy atom. The van der Waals surface area contributed by atoms with Crippen molar-refractivity contribution in [1.82, 2.24) is 5.32 Å². The molecule has 0 aromatic heterocycles. The molecule has 3 nitrogen and oxygen atoms in total. The molecule has 0 aliphatic heterocycles. The number of ether oxygens (including phenoxy) is 1. The van der Waals surface area contributed by atoms with Crippen LogP contribution in [0.2, 0.25) is 0 Å².